The van der Waals surface area contributed by atoms with E-state index in [0.717, 1.165) is 25.7 Å². The molecule has 1 amide bonds. The van der Waals surface area contributed by atoms with E-state index in [1.54, 1.807) is 0 Å². The first-order valence-electron chi connectivity index (χ1n) is 16.4. The predicted molar refractivity (Wildman–Crippen MR) is 164 cm³/mol. The van der Waals surface area contributed by atoms with Gasteiger partial charge in [-0.25, -0.2) is 0 Å². The zero-order valence-electron chi connectivity index (χ0n) is 25.1. The van der Waals surface area contributed by atoms with E-state index in [4.69, 9.17) is 0 Å². The van der Waals surface area contributed by atoms with Gasteiger partial charge in [-0.05, 0) is 51.4 Å². The zero-order valence-corrected chi connectivity index (χ0v) is 25.1. The molecule has 3 nitrogen and oxygen atoms in total. The van der Waals surface area contributed by atoms with Crippen LogP contribution in [0.15, 0.2) is 24.3 Å². The topological polar surface area (TPSA) is 49.3 Å². The summed E-state index contributed by atoms with van der Waals surface area (Å²) in [5.74, 6) is 0.0869. The molecule has 0 aliphatic carbocycles. The lowest BCUT2D eigenvalue weighted by Crippen LogP contribution is -2.36. The highest BCUT2D eigenvalue weighted by Crippen LogP contribution is 2.12. The summed E-state index contributed by atoms with van der Waals surface area (Å²) in [6, 6.07) is -0.144. The van der Waals surface area contributed by atoms with E-state index in [0.29, 0.717) is 6.42 Å². The van der Waals surface area contributed by atoms with Crippen molar-refractivity contribution in [1.29, 1.82) is 0 Å². The lowest BCUT2D eigenvalue weighted by Gasteiger charge is -2.14. The van der Waals surface area contributed by atoms with Gasteiger partial charge >= 0.3 is 0 Å². The van der Waals surface area contributed by atoms with Crippen molar-refractivity contribution in [3.05, 3.63) is 24.3 Å². The third-order valence-electron chi connectivity index (χ3n) is 7.31. The fourth-order valence-corrected chi connectivity index (χ4v) is 4.79. The number of allylic oxidation sites excluding steroid dienone is 3. The Kier molecular flexibility index (Phi) is 30.2. The number of aliphatic hydroxyl groups is 1. The number of carbonyl (C=O) groups is 1. The van der Waals surface area contributed by atoms with Crippen molar-refractivity contribution >= 4 is 5.91 Å². The van der Waals surface area contributed by atoms with Crippen LogP contribution < -0.4 is 5.32 Å². The largest absolute Gasteiger partial charge is 0.394 e. The molecule has 0 aliphatic rings. The van der Waals surface area contributed by atoms with Gasteiger partial charge in [-0.3, -0.25) is 4.79 Å². The summed E-state index contributed by atoms with van der Waals surface area (Å²) in [6.45, 7) is 4.55. The lowest BCUT2D eigenvalue weighted by molar-refractivity contribution is -0.122. The standard InChI is InChI=1S/C34H65NO2/c1-3-5-7-9-11-13-15-17-19-20-22-24-26-28-30-33(32-36)35-34(37)31-29-27-25-23-21-18-16-14-12-10-8-6-4-2/h14,16,26,28,33,36H,3-13,15,17-25,27,29-32H2,1-2H3,(H,35,37)/b16-14-,28-26+. The highest BCUT2D eigenvalue weighted by Gasteiger charge is 2.09. The van der Waals surface area contributed by atoms with Crippen molar-refractivity contribution in [3.63, 3.8) is 0 Å². The van der Waals surface area contributed by atoms with Crippen molar-refractivity contribution in [2.45, 2.75) is 180 Å². The molecule has 37 heavy (non-hydrogen) atoms. The van der Waals surface area contributed by atoms with E-state index in [1.807, 2.05) is 0 Å². The van der Waals surface area contributed by atoms with Gasteiger partial charge in [0.2, 0.25) is 5.91 Å². The molecule has 218 valence electrons. The summed E-state index contributed by atoms with van der Waals surface area (Å²) < 4.78 is 0. The number of carbonyl (C=O) groups excluding carboxylic acids is 1. The van der Waals surface area contributed by atoms with Gasteiger partial charge in [0.05, 0.1) is 12.6 Å². The Labute approximate surface area is 232 Å². The van der Waals surface area contributed by atoms with Gasteiger partial charge in [-0.2, -0.15) is 0 Å². The molecule has 0 heterocycles. The Morgan fingerprint density at radius 2 is 0.946 bits per heavy atom. The van der Waals surface area contributed by atoms with Crippen LogP contribution in [0.25, 0.3) is 0 Å². The van der Waals surface area contributed by atoms with Crippen molar-refractivity contribution in [1.82, 2.24) is 5.32 Å². The quantitative estimate of drug-likeness (QED) is 0.0762. The molecule has 0 fully saturated rings. The van der Waals surface area contributed by atoms with Crippen molar-refractivity contribution in [2.24, 2.45) is 0 Å². The van der Waals surface area contributed by atoms with E-state index in [-0.39, 0.29) is 18.6 Å². The van der Waals surface area contributed by atoms with Gasteiger partial charge in [0, 0.05) is 6.42 Å². The van der Waals surface area contributed by atoms with Gasteiger partial charge < -0.3 is 10.4 Å². The molecule has 0 aromatic carbocycles. The Morgan fingerprint density at radius 3 is 1.41 bits per heavy atom. The van der Waals surface area contributed by atoms with E-state index in [2.05, 4.69) is 43.5 Å². The van der Waals surface area contributed by atoms with Crippen molar-refractivity contribution in [3.8, 4) is 0 Å². The molecule has 1 atom stereocenters. The van der Waals surface area contributed by atoms with Crippen LogP contribution in [0.1, 0.15) is 174 Å². The van der Waals surface area contributed by atoms with E-state index >= 15 is 0 Å². The van der Waals surface area contributed by atoms with Crippen LogP contribution in [-0.2, 0) is 4.79 Å². The maximum Gasteiger partial charge on any atom is 0.220 e. The fraction of sp³-hybridized carbons (Fsp3) is 0.853. The minimum atomic E-state index is -0.144. The van der Waals surface area contributed by atoms with Gasteiger partial charge in [0.15, 0.2) is 0 Å². The summed E-state index contributed by atoms with van der Waals surface area (Å²) in [5.41, 5.74) is 0. The number of nitrogens with one attached hydrogen (secondary N) is 1. The number of amides is 1. The van der Waals surface area contributed by atoms with Crippen molar-refractivity contribution in [2.75, 3.05) is 6.61 Å². The Bertz CT molecular complexity index is 514. The monoisotopic (exact) mass is 520 g/mol. The van der Waals surface area contributed by atoms with Gasteiger partial charge in [-0.15, -0.1) is 0 Å². The number of hydrogen-bond donors (Lipinski definition) is 2. The maximum absolute atomic E-state index is 12.2. The molecular formula is C34H65NO2. The smallest absolute Gasteiger partial charge is 0.220 e. The predicted octanol–water partition coefficient (Wildman–Crippen LogP) is 10.4. The third kappa shape index (κ3) is 29.3. The van der Waals surface area contributed by atoms with Crippen LogP contribution in [0.4, 0.5) is 0 Å². The molecule has 0 saturated carbocycles. The SMILES string of the molecule is CCCCCC/C=C\CCCCCCCC(=O)NC(CO)C/C=C/CCCCCCCCCCCCC. The average Bonchev–Trinajstić information content (AvgIpc) is 2.90. The molecule has 0 bridgehead atoms. The highest BCUT2D eigenvalue weighted by atomic mass is 16.3. The van der Waals surface area contributed by atoms with Crippen LogP contribution in [0.3, 0.4) is 0 Å². The first-order chi connectivity index (χ1) is 18.2. The summed E-state index contributed by atoms with van der Waals surface area (Å²) in [7, 11) is 0. The van der Waals surface area contributed by atoms with Crippen molar-refractivity contribution < 1.29 is 9.90 Å². The Balaban J connectivity index is 3.53. The maximum atomic E-state index is 12.2. The molecule has 0 spiro atoms. The third-order valence-corrected chi connectivity index (χ3v) is 7.31. The second kappa shape index (κ2) is 31.1. The highest BCUT2D eigenvalue weighted by molar-refractivity contribution is 5.76. The Hall–Kier alpha value is -1.09. The summed E-state index contributed by atoms with van der Waals surface area (Å²) in [5, 5.41) is 12.6. The first-order valence-corrected chi connectivity index (χ1v) is 16.4. The minimum Gasteiger partial charge on any atom is -0.394 e. The van der Waals surface area contributed by atoms with Crippen LogP contribution in [0.2, 0.25) is 0 Å². The summed E-state index contributed by atoms with van der Waals surface area (Å²) >= 11 is 0. The minimum absolute atomic E-state index is 0.0145. The van der Waals surface area contributed by atoms with Gasteiger partial charge in [0.25, 0.3) is 0 Å². The van der Waals surface area contributed by atoms with Crippen LogP contribution in [0, 0.1) is 0 Å². The molecule has 0 saturated heterocycles. The molecule has 3 heteroatoms. The van der Waals surface area contributed by atoms with Gasteiger partial charge in [-0.1, -0.05) is 141 Å². The fourth-order valence-electron chi connectivity index (χ4n) is 4.79. The number of hydrogen-bond acceptors (Lipinski definition) is 2. The molecule has 0 rings (SSSR count). The molecule has 0 radical (unpaired) electrons. The zero-order chi connectivity index (χ0) is 27.1. The van der Waals surface area contributed by atoms with E-state index < -0.39 is 0 Å². The second-order valence-electron chi connectivity index (χ2n) is 11.1. The normalized spacial score (nSPS) is 12.6. The molecule has 0 aromatic heterocycles. The molecule has 2 N–H and O–H groups in total. The number of rotatable bonds is 29. The summed E-state index contributed by atoms with van der Waals surface area (Å²) in [4.78, 5) is 12.2. The van der Waals surface area contributed by atoms with Gasteiger partial charge in [0.1, 0.15) is 0 Å². The van der Waals surface area contributed by atoms with Crippen LogP contribution in [-0.4, -0.2) is 23.7 Å². The Morgan fingerprint density at radius 1 is 0.568 bits per heavy atom. The van der Waals surface area contributed by atoms with E-state index in [1.165, 1.54) is 128 Å². The van der Waals surface area contributed by atoms with Crippen LogP contribution in [0.5, 0.6) is 0 Å². The summed E-state index contributed by atoms with van der Waals surface area (Å²) in [6.07, 6.45) is 40.2. The first kappa shape index (κ1) is 35.9. The number of unbranched alkanes of at least 4 members (excludes halogenated alkanes) is 20. The molecular weight excluding hydrogens is 454 g/mol. The molecule has 0 aliphatic heterocycles. The second-order valence-corrected chi connectivity index (χ2v) is 11.1. The van der Waals surface area contributed by atoms with E-state index in [9.17, 15) is 9.90 Å². The lowest BCUT2D eigenvalue weighted by atomic mass is 10.1. The average molecular weight is 520 g/mol. The van der Waals surface area contributed by atoms with Crippen LogP contribution >= 0.6 is 0 Å². The molecule has 0 aromatic rings. The molecule has 1 unspecified atom stereocenters. The number of aliphatic hydroxyl groups excluding tert-OH is 1.